The maximum absolute atomic E-state index is 10.3. The van der Waals surface area contributed by atoms with Gasteiger partial charge in [-0.1, -0.05) is 32.0 Å². The Labute approximate surface area is 181 Å². The number of hydrogen-bond donors (Lipinski definition) is 1. The summed E-state index contributed by atoms with van der Waals surface area (Å²) in [6.07, 6.45) is 15.6. The fourth-order valence-electron chi connectivity index (χ4n) is 9.10. The molecule has 0 radical (unpaired) electrons. The first-order valence-corrected chi connectivity index (χ1v) is 12.5. The van der Waals surface area contributed by atoms with E-state index < -0.39 is 0 Å². The lowest BCUT2D eigenvalue weighted by molar-refractivity contribution is -0.122. The van der Waals surface area contributed by atoms with Crippen LogP contribution in [0.15, 0.2) is 36.7 Å². The van der Waals surface area contributed by atoms with E-state index in [1.165, 1.54) is 55.7 Å². The third-order valence-corrected chi connectivity index (χ3v) is 10.7. The zero-order chi connectivity index (χ0) is 20.5. The maximum atomic E-state index is 10.3. The van der Waals surface area contributed by atoms with Gasteiger partial charge in [-0.2, -0.15) is 0 Å². The van der Waals surface area contributed by atoms with Crippen LogP contribution in [0.5, 0.6) is 0 Å². The second kappa shape index (κ2) is 6.79. The highest BCUT2D eigenvalue weighted by Crippen LogP contribution is 2.69. The zero-order valence-corrected chi connectivity index (χ0v) is 18.7. The van der Waals surface area contributed by atoms with Crippen LogP contribution in [0.25, 0.3) is 10.8 Å². The molecule has 1 heterocycles. The first-order chi connectivity index (χ1) is 14.5. The highest BCUT2D eigenvalue weighted by molar-refractivity contribution is 5.82. The predicted molar refractivity (Wildman–Crippen MR) is 122 cm³/mol. The average molecular weight is 404 g/mol. The summed E-state index contributed by atoms with van der Waals surface area (Å²) in [5.41, 5.74) is 2.51. The molecule has 2 nitrogen and oxygen atoms in total. The molecule has 4 aliphatic rings. The molecule has 0 amide bonds. The Hall–Kier alpha value is -1.41. The monoisotopic (exact) mass is 403 g/mol. The van der Waals surface area contributed by atoms with Crippen molar-refractivity contribution in [2.24, 2.45) is 34.5 Å². The summed E-state index contributed by atoms with van der Waals surface area (Å²) >= 11 is 0. The van der Waals surface area contributed by atoms with Crippen molar-refractivity contribution in [2.45, 2.75) is 83.7 Å². The van der Waals surface area contributed by atoms with E-state index in [1.807, 2.05) is 12.4 Å². The van der Waals surface area contributed by atoms with Crippen LogP contribution in [-0.2, 0) is 0 Å². The number of benzene rings is 1. The van der Waals surface area contributed by atoms with Gasteiger partial charge in [0.2, 0.25) is 0 Å². The van der Waals surface area contributed by atoms with Crippen molar-refractivity contribution in [3.05, 3.63) is 42.2 Å². The molecule has 0 aliphatic heterocycles. The lowest BCUT2D eigenvalue weighted by Gasteiger charge is -2.61. The molecule has 1 N–H and O–H groups in total. The second-order valence-electron chi connectivity index (χ2n) is 11.7. The molecule has 4 fully saturated rings. The molecule has 0 unspecified atom stereocenters. The lowest BCUT2D eigenvalue weighted by Crippen LogP contribution is -2.53. The van der Waals surface area contributed by atoms with Crippen LogP contribution in [0, 0.1) is 34.5 Å². The predicted octanol–water partition coefficient (Wildman–Crippen LogP) is 6.72. The summed E-state index contributed by atoms with van der Waals surface area (Å²) in [6, 6.07) is 9.32. The van der Waals surface area contributed by atoms with Gasteiger partial charge in [-0.3, -0.25) is 4.98 Å². The Kier molecular flexibility index (Phi) is 4.37. The van der Waals surface area contributed by atoms with Crippen molar-refractivity contribution < 1.29 is 5.11 Å². The summed E-state index contributed by atoms with van der Waals surface area (Å²) in [6.45, 7) is 5.24. The lowest BCUT2D eigenvalue weighted by atomic mass is 9.44. The van der Waals surface area contributed by atoms with Crippen molar-refractivity contribution in [3.8, 4) is 0 Å². The summed E-state index contributed by atoms with van der Waals surface area (Å²) in [5, 5.41) is 12.9. The molecule has 1 aromatic carbocycles. The highest BCUT2D eigenvalue weighted by atomic mass is 16.3. The van der Waals surface area contributed by atoms with E-state index in [0.717, 1.165) is 36.5 Å². The van der Waals surface area contributed by atoms with Crippen LogP contribution in [0.2, 0.25) is 0 Å². The summed E-state index contributed by atoms with van der Waals surface area (Å²) in [7, 11) is 0. The SMILES string of the molecule is C[C@]12CC[C@H](O)C[C@@H]1CC[C@@H]1[C@@H]2CC[C@]2(C)[C@@H](c3ccc4cnccc4c3)CC[C@@H]12. The molecule has 1 aromatic heterocycles. The number of aromatic nitrogens is 1. The Balaban J connectivity index is 1.31. The molecule has 4 saturated carbocycles. The molecule has 2 aromatic rings. The summed E-state index contributed by atoms with van der Waals surface area (Å²) in [4.78, 5) is 4.29. The van der Waals surface area contributed by atoms with Crippen molar-refractivity contribution >= 4 is 10.8 Å². The maximum Gasteiger partial charge on any atom is 0.0543 e. The molecule has 0 bridgehead atoms. The van der Waals surface area contributed by atoms with Crippen molar-refractivity contribution in [1.29, 1.82) is 0 Å². The minimum Gasteiger partial charge on any atom is -0.393 e. The van der Waals surface area contributed by atoms with Crippen molar-refractivity contribution in [1.82, 2.24) is 4.98 Å². The summed E-state index contributed by atoms with van der Waals surface area (Å²) in [5.74, 6) is 4.16. The van der Waals surface area contributed by atoms with Crippen molar-refractivity contribution in [3.63, 3.8) is 0 Å². The van der Waals surface area contributed by atoms with E-state index in [-0.39, 0.29) is 6.10 Å². The van der Waals surface area contributed by atoms with E-state index in [4.69, 9.17) is 0 Å². The van der Waals surface area contributed by atoms with E-state index >= 15 is 0 Å². The molecule has 0 spiro atoms. The van der Waals surface area contributed by atoms with Crippen LogP contribution in [0.1, 0.15) is 83.1 Å². The molecule has 6 rings (SSSR count). The molecule has 2 heteroatoms. The van der Waals surface area contributed by atoms with E-state index in [9.17, 15) is 5.11 Å². The minimum absolute atomic E-state index is 0.0348. The average Bonchev–Trinajstić information content (AvgIpc) is 3.11. The number of hydrogen-bond acceptors (Lipinski definition) is 2. The number of aliphatic hydroxyl groups excluding tert-OH is 1. The number of rotatable bonds is 1. The Morgan fingerprint density at radius 3 is 2.60 bits per heavy atom. The molecular formula is C28H37NO. The third kappa shape index (κ3) is 2.68. The second-order valence-corrected chi connectivity index (χ2v) is 11.7. The van der Waals surface area contributed by atoms with Crippen molar-refractivity contribution in [2.75, 3.05) is 0 Å². The van der Waals surface area contributed by atoms with Crippen LogP contribution >= 0.6 is 0 Å². The van der Waals surface area contributed by atoms with Gasteiger partial charge in [0.15, 0.2) is 0 Å². The Morgan fingerprint density at radius 2 is 1.70 bits per heavy atom. The zero-order valence-electron chi connectivity index (χ0n) is 18.7. The summed E-state index contributed by atoms with van der Waals surface area (Å²) < 4.78 is 0. The van der Waals surface area contributed by atoms with Crippen LogP contribution < -0.4 is 0 Å². The topological polar surface area (TPSA) is 33.1 Å². The van der Waals surface area contributed by atoms with E-state index in [0.29, 0.717) is 16.7 Å². The van der Waals surface area contributed by atoms with Gasteiger partial charge in [0.05, 0.1) is 6.10 Å². The van der Waals surface area contributed by atoms with Gasteiger partial charge in [0.1, 0.15) is 0 Å². The third-order valence-electron chi connectivity index (χ3n) is 10.7. The first kappa shape index (κ1) is 19.3. The quantitative estimate of drug-likeness (QED) is 0.573. The number of aliphatic hydroxyl groups is 1. The first-order valence-electron chi connectivity index (χ1n) is 12.5. The smallest absolute Gasteiger partial charge is 0.0543 e. The standard InChI is InChI=1S/C28H37NO/c1-27-12-9-22(30)16-21(27)5-6-23-25-8-7-24(28(25,2)13-10-26(23)27)19-3-4-20-17-29-14-11-18(20)15-19/h3-4,11,14-15,17,21-26,30H,5-10,12-13,16H2,1-2H3/t21-,22-,23-,24+,25-,26-,27-,28+/m0/s1. The fourth-order valence-corrected chi connectivity index (χ4v) is 9.10. The Bertz CT molecular complexity index is 955. The molecule has 8 atom stereocenters. The van der Waals surface area contributed by atoms with Gasteiger partial charge in [-0.15, -0.1) is 0 Å². The van der Waals surface area contributed by atoms with Crippen LogP contribution in [-0.4, -0.2) is 16.2 Å². The largest absolute Gasteiger partial charge is 0.393 e. The van der Waals surface area contributed by atoms with Gasteiger partial charge in [0.25, 0.3) is 0 Å². The normalized spacial score (nSPS) is 45.6. The molecule has 30 heavy (non-hydrogen) atoms. The highest BCUT2D eigenvalue weighted by Gasteiger charge is 2.60. The molecular weight excluding hydrogens is 366 g/mol. The van der Waals surface area contributed by atoms with E-state index in [1.54, 1.807) is 5.56 Å². The number of pyridine rings is 1. The van der Waals surface area contributed by atoms with Gasteiger partial charge in [-0.25, -0.2) is 0 Å². The molecule has 160 valence electrons. The van der Waals surface area contributed by atoms with Crippen LogP contribution in [0.4, 0.5) is 0 Å². The van der Waals surface area contributed by atoms with E-state index in [2.05, 4.69) is 43.1 Å². The molecule has 0 saturated heterocycles. The minimum atomic E-state index is -0.0348. The van der Waals surface area contributed by atoms with Gasteiger partial charge < -0.3 is 5.11 Å². The fraction of sp³-hybridized carbons (Fsp3) is 0.679. The van der Waals surface area contributed by atoms with Gasteiger partial charge >= 0.3 is 0 Å². The Morgan fingerprint density at radius 1 is 0.867 bits per heavy atom. The number of nitrogens with zero attached hydrogens (tertiary/aromatic N) is 1. The van der Waals surface area contributed by atoms with Gasteiger partial charge in [-0.05, 0) is 115 Å². The van der Waals surface area contributed by atoms with Crippen LogP contribution in [0.3, 0.4) is 0 Å². The molecule has 4 aliphatic carbocycles. The van der Waals surface area contributed by atoms with Gasteiger partial charge in [0, 0.05) is 17.8 Å². The number of fused-ring (bicyclic) bond motifs is 6.